The molecule has 2 aromatic carbocycles. The van der Waals surface area contributed by atoms with Crippen molar-refractivity contribution in [3.63, 3.8) is 0 Å². The van der Waals surface area contributed by atoms with Crippen LogP contribution in [-0.4, -0.2) is 12.6 Å². The first-order valence-electron chi connectivity index (χ1n) is 8.62. The first kappa shape index (κ1) is 18.5. The van der Waals surface area contributed by atoms with E-state index in [1.54, 1.807) is 18.2 Å². The van der Waals surface area contributed by atoms with Crippen LogP contribution in [0, 0.1) is 11.3 Å². The Labute approximate surface area is 149 Å². The average molecular weight is 337 g/mol. The van der Waals surface area contributed by atoms with Gasteiger partial charge in [0.2, 0.25) is 0 Å². The van der Waals surface area contributed by atoms with E-state index in [-0.39, 0.29) is 11.7 Å². The molecule has 0 fully saturated rings. The van der Waals surface area contributed by atoms with E-state index in [4.69, 9.17) is 9.47 Å². The molecule has 0 aliphatic heterocycles. The predicted octanol–water partition coefficient (Wildman–Crippen LogP) is 4.45. The summed E-state index contributed by atoms with van der Waals surface area (Å²) in [5.74, 6) is 0.281. The highest BCUT2D eigenvalue weighted by Crippen LogP contribution is 2.31. The highest BCUT2D eigenvalue weighted by molar-refractivity contribution is 5.74. The average Bonchev–Trinajstić information content (AvgIpc) is 2.63. The molecule has 0 unspecified atom stereocenters. The van der Waals surface area contributed by atoms with Crippen LogP contribution in [-0.2, 0) is 17.6 Å². The minimum Gasteiger partial charge on any atom is -0.489 e. The van der Waals surface area contributed by atoms with Crippen LogP contribution in [0.4, 0.5) is 0 Å². The van der Waals surface area contributed by atoms with Gasteiger partial charge in [0.1, 0.15) is 6.07 Å². The fourth-order valence-electron chi connectivity index (χ4n) is 2.41. The van der Waals surface area contributed by atoms with Gasteiger partial charge >= 0.3 is 5.97 Å². The molecule has 0 bridgehead atoms. The number of ether oxygens (including phenoxy) is 2. The van der Waals surface area contributed by atoms with Crippen molar-refractivity contribution in [1.82, 2.24) is 0 Å². The second-order valence-electron chi connectivity index (χ2n) is 5.74. The zero-order valence-corrected chi connectivity index (χ0v) is 14.7. The number of rotatable bonds is 8. The minimum absolute atomic E-state index is 0.213. The summed E-state index contributed by atoms with van der Waals surface area (Å²) in [5, 5.41) is 9.24. The predicted molar refractivity (Wildman–Crippen MR) is 96.7 cm³/mol. The van der Waals surface area contributed by atoms with Crippen LogP contribution in [0.3, 0.4) is 0 Å². The Morgan fingerprint density at radius 1 is 1.08 bits per heavy atom. The Hall–Kier alpha value is -2.80. The third kappa shape index (κ3) is 5.36. The Balaban J connectivity index is 2.05. The third-order valence-electron chi connectivity index (χ3n) is 3.85. The van der Waals surface area contributed by atoms with Crippen molar-refractivity contribution in [2.45, 2.75) is 39.5 Å². The molecule has 4 heteroatoms. The van der Waals surface area contributed by atoms with E-state index < -0.39 is 0 Å². The molecule has 0 N–H and O–H groups in total. The summed E-state index contributed by atoms with van der Waals surface area (Å²) < 4.78 is 11.1. The first-order valence-corrected chi connectivity index (χ1v) is 8.62. The number of aryl methyl sites for hydroxylation is 1. The molecule has 0 amide bonds. The first-order chi connectivity index (χ1) is 12.2. The number of nitriles is 1. The SMILES string of the molecule is CCCC(=O)Oc1c(C#N)cccc1OCCc1ccc(CC)cc1. The van der Waals surface area contributed by atoms with Crippen molar-refractivity contribution < 1.29 is 14.3 Å². The van der Waals surface area contributed by atoms with E-state index in [2.05, 4.69) is 31.2 Å². The van der Waals surface area contributed by atoms with Crippen LogP contribution >= 0.6 is 0 Å². The van der Waals surface area contributed by atoms with Gasteiger partial charge in [-0.15, -0.1) is 0 Å². The topological polar surface area (TPSA) is 59.3 Å². The van der Waals surface area contributed by atoms with Gasteiger partial charge in [-0.1, -0.05) is 44.2 Å². The van der Waals surface area contributed by atoms with Gasteiger partial charge in [0.15, 0.2) is 11.5 Å². The van der Waals surface area contributed by atoms with Crippen LogP contribution in [0.15, 0.2) is 42.5 Å². The molecule has 0 saturated heterocycles. The lowest BCUT2D eigenvalue weighted by Crippen LogP contribution is -2.10. The van der Waals surface area contributed by atoms with E-state index in [0.717, 1.165) is 12.8 Å². The highest BCUT2D eigenvalue weighted by Gasteiger charge is 2.15. The van der Waals surface area contributed by atoms with Gasteiger partial charge in [-0.25, -0.2) is 0 Å². The standard InChI is InChI=1S/C21H23NO3/c1-3-6-20(23)25-21-18(15-22)7-5-8-19(21)24-14-13-17-11-9-16(4-2)10-12-17/h5,7-12H,3-4,6,13-14H2,1-2H3. The lowest BCUT2D eigenvalue weighted by Gasteiger charge is -2.13. The maximum absolute atomic E-state index is 11.8. The van der Waals surface area contributed by atoms with Crippen LogP contribution in [0.1, 0.15) is 43.4 Å². The maximum atomic E-state index is 11.8. The second-order valence-corrected chi connectivity index (χ2v) is 5.74. The molecule has 0 heterocycles. The Kier molecular flexibility index (Phi) is 7.03. The third-order valence-corrected chi connectivity index (χ3v) is 3.85. The van der Waals surface area contributed by atoms with Crippen molar-refractivity contribution in [2.75, 3.05) is 6.61 Å². The van der Waals surface area contributed by atoms with E-state index >= 15 is 0 Å². The Bertz CT molecular complexity index is 745. The number of hydrogen-bond donors (Lipinski definition) is 0. The molecular weight excluding hydrogens is 314 g/mol. The number of esters is 1. The van der Waals surface area contributed by atoms with Gasteiger partial charge in [0.25, 0.3) is 0 Å². The van der Waals surface area contributed by atoms with Crippen LogP contribution in [0.25, 0.3) is 0 Å². The van der Waals surface area contributed by atoms with Crippen molar-refractivity contribution in [1.29, 1.82) is 5.26 Å². The number of carbonyl (C=O) groups is 1. The molecule has 0 aromatic heterocycles. The molecular formula is C21H23NO3. The molecule has 0 aliphatic rings. The molecule has 4 nitrogen and oxygen atoms in total. The molecule has 2 rings (SSSR count). The van der Waals surface area contributed by atoms with Crippen LogP contribution < -0.4 is 9.47 Å². The van der Waals surface area contributed by atoms with Gasteiger partial charge in [-0.2, -0.15) is 5.26 Å². The largest absolute Gasteiger partial charge is 0.489 e. The quantitative estimate of drug-likeness (QED) is 0.527. The highest BCUT2D eigenvalue weighted by atomic mass is 16.6. The summed E-state index contributed by atoms with van der Waals surface area (Å²) in [5.41, 5.74) is 2.78. The van der Waals surface area contributed by atoms with E-state index in [9.17, 15) is 10.1 Å². The Morgan fingerprint density at radius 2 is 1.80 bits per heavy atom. The summed E-state index contributed by atoms with van der Waals surface area (Å²) in [6.07, 6.45) is 2.76. The van der Waals surface area contributed by atoms with Crippen LogP contribution in [0.5, 0.6) is 11.5 Å². The maximum Gasteiger partial charge on any atom is 0.311 e. The van der Waals surface area contributed by atoms with Gasteiger partial charge in [0.05, 0.1) is 12.2 Å². The van der Waals surface area contributed by atoms with Gasteiger partial charge < -0.3 is 9.47 Å². The molecule has 25 heavy (non-hydrogen) atoms. The summed E-state index contributed by atoms with van der Waals surface area (Å²) in [6.45, 7) is 4.47. The fraction of sp³-hybridized carbons (Fsp3) is 0.333. The molecule has 130 valence electrons. The van der Waals surface area contributed by atoms with Gasteiger partial charge in [-0.05, 0) is 36.1 Å². The summed E-state index contributed by atoms with van der Waals surface area (Å²) >= 11 is 0. The molecule has 0 atom stereocenters. The monoisotopic (exact) mass is 337 g/mol. The van der Waals surface area contributed by atoms with Crippen molar-refractivity contribution in [2.24, 2.45) is 0 Å². The fourth-order valence-corrected chi connectivity index (χ4v) is 2.41. The molecule has 0 spiro atoms. The zero-order valence-electron chi connectivity index (χ0n) is 14.7. The summed E-state index contributed by atoms with van der Waals surface area (Å²) in [7, 11) is 0. The van der Waals surface area contributed by atoms with E-state index in [1.807, 2.05) is 13.0 Å². The summed E-state index contributed by atoms with van der Waals surface area (Å²) in [4.78, 5) is 11.8. The van der Waals surface area contributed by atoms with Crippen molar-refractivity contribution in [3.8, 4) is 17.6 Å². The second kappa shape index (κ2) is 9.48. The van der Waals surface area contributed by atoms with Gasteiger partial charge in [0, 0.05) is 12.8 Å². The minimum atomic E-state index is -0.356. The number of carbonyl (C=O) groups excluding carboxylic acids is 1. The smallest absolute Gasteiger partial charge is 0.311 e. The molecule has 0 aliphatic carbocycles. The lowest BCUT2D eigenvalue weighted by molar-refractivity contribution is -0.134. The molecule has 2 aromatic rings. The van der Waals surface area contributed by atoms with Crippen molar-refractivity contribution in [3.05, 3.63) is 59.2 Å². The van der Waals surface area contributed by atoms with E-state index in [1.165, 1.54) is 11.1 Å². The number of benzene rings is 2. The zero-order chi connectivity index (χ0) is 18.1. The lowest BCUT2D eigenvalue weighted by atomic mass is 10.1. The number of nitrogens with zero attached hydrogens (tertiary/aromatic N) is 1. The van der Waals surface area contributed by atoms with Crippen molar-refractivity contribution >= 4 is 5.97 Å². The molecule has 0 radical (unpaired) electrons. The summed E-state index contributed by atoms with van der Waals surface area (Å²) in [6, 6.07) is 15.5. The Morgan fingerprint density at radius 3 is 2.44 bits per heavy atom. The number of hydrogen-bond acceptors (Lipinski definition) is 4. The normalized spacial score (nSPS) is 10.1. The van der Waals surface area contributed by atoms with Gasteiger partial charge in [-0.3, -0.25) is 4.79 Å². The number of para-hydroxylation sites is 1. The van der Waals surface area contributed by atoms with Crippen LogP contribution in [0.2, 0.25) is 0 Å². The van der Waals surface area contributed by atoms with E-state index in [0.29, 0.717) is 30.8 Å². The molecule has 0 saturated carbocycles.